The molecule has 0 radical (unpaired) electrons. The molecule has 1 N–H and O–H groups in total. The summed E-state index contributed by atoms with van der Waals surface area (Å²) in [6.07, 6.45) is 1.65. The highest BCUT2D eigenvalue weighted by atomic mass is 19.1. The number of carbonyl (C=O) groups excluding carboxylic acids is 1. The number of carbonyl (C=O) groups is 1. The Bertz CT molecular complexity index is 745. The van der Waals surface area contributed by atoms with Gasteiger partial charge in [0, 0.05) is 37.6 Å². The third kappa shape index (κ3) is 3.16. The zero-order valence-corrected chi connectivity index (χ0v) is 14.5. The summed E-state index contributed by atoms with van der Waals surface area (Å²) in [5, 5.41) is 3.13. The van der Waals surface area contributed by atoms with Crippen LogP contribution in [-0.4, -0.2) is 29.6 Å². The highest BCUT2D eigenvalue weighted by Gasteiger charge is 2.24. The van der Waals surface area contributed by atoms with Gasteiger partial charge in [-0.25, -0.2) is 4.39 Å². The summed E-state index contributed by atoms with van der Waals surface area (Å²) in [6.45, 7) is 5.46. The summed E-state index contributed by atoms with van der Waals surface area (Å²) >= 11 is 0. The van der Waals surface area contributed by atoms with E-state index in [4.69, 9.17) is 0 Å². The zero-order valence-electron chi connectivity index (χ0n) is 14.5. The van der Waals surface area contributed by atoms with Gasteiger partial charge in [-0.05, 0) is 44.9 Å². The molecule has 24 heavy (non-hydrogen) atoms. The quantitative estimate of drug-likeness (QED) is 0.939. The number of para-hydroxylation sites is 1. The molecule has 1 aromatic carbocycles. The number of benzene rings is 1. The third-order valence-electron chi connectivity index (χ3n) is 5.04. The van der Waals surface area contributed by atoms with Gasteiger partial charge in [-0.1, -0.05) is 12.1 Å². The lowest BCUT2D eigenvalue weighted by molar-refractivity contribution is 0.0930. The summed E-state index contributed by atoms with van der Waals surface area (Å²) in [4.78, 5) is 14.6. The summed E-state index contributed by atoms with van der Waals surface area (Å²) in [5.41, 5.74) is 3.45. The zero-order chi connectivity index (χ0) is 17.3. The third-order valence-corrected chi connectivity index (χ3v) is 5.04. The van der Waals surface area contributed by atoms with Crippen LogP contribution < -0.4 is 10.2 Å². The maximum absolute atomic E-state index is 13.9. The molecule has 0 atom stereocenters. The molecule has 2 heterocycles. The molecule has 1 aromatic heterocycles. The Morgan fingerprint density at radius 3 is 2.46 bits per heavy atom. The van der Waals surface area contributed by atoms with E-state index in [0.29, 0.717) is 5.69 Å². The molecule has 128 valence electrons. The maximum atomic E-state index is 13.9. The maximum Gasteiger partial charge on any atom is 0.253 e. The lowest BCUT2D eigenvalue weighted by atomic mass is 10.0. The average Bonchev–Trinajstić information content (AvgIpc) is 2.84. The van der Waals surface area contributed by atoms with Crippen molar-refractivity contribution in [2.24, 2.45) is 7.05 Å². The van der Waals surface area contributed by atoms with Crippen molar-refractivity contribution >= 4 is 11.6 Å². The van der Waals surface area contributed by atoms with E-state index in [-0.39, 0.29) is 17.8 Å². The number of rotatable bonds is 3. The fourth-order valence-electron chi connectivity index (χ4n) is 3.32. The molecule has 5 heteroatoms. The van der Waals surface area contributed by atoms with E-state index in [0.717, 1.165) is 42.9 Å². The van der Waals surface area contributed by atoms with Crippen molar-refractivity contribution in [1.82, 2.24) is 9.88 Å². The minimum absolute atomic E-state index is 0.0134. The summed E-state index contributed by atoms with van der Waals surface area (Å²) in [7, 11) is 1.97. The SMILES string of the molecule is Cc1cc(C(=O)NC2CCN(c3ccccc3F)CC2)c(C)n1C. The number of aryl methyl sites for hydroxylation is 1. The Balaban J connectivity index is 1.60. The second-order valence-corrected chi connectivity index (χ2v) is 6.53. The van der Waals surface area contributed by atoms with E-state index in [1.54, 1.807) is 6.07 Å². The van der Waals surface area contributed by atoms with E-state index in [9.17, 15) is 9.18 Å². The molecular formula is C19H24FN3O. The number of halogens is 1. The first-order valence-corrected chi connectivity index (χ1v) is 8.40. The van der Waals surface area contributed by atoms with Gasteiger partial charge in [0.2, 0.25) is 0 Å². The molecule has 1 aliphatic heterocycles. The smallest absolute Gasteiger partial charge is 0.253 e. The first-order chi connectivity index (χ1) is 11.5. The van der Waals surface area contributed by atoms with E-state index < -0.39 is 0 Å². The first kappa shape index (κ1) is 16.6. The van der Waals surface area contributed by atoms with Crippen LogP contribution in [0.15, 0.2) is 30.3 Å². The van der Waals surface area contributed by atoms with Crippen molar-refractivity contribution in [2.45, 2.75) is 32.7 Å². The topological polar surface area (TPSA) is 37.3 Å². The number of nitrogens with one attached hydrogen (secondary N) is 1. The molecular weight excluding hydrogens is 305 g/mol. The molecule has 0 bridgehead atoms. The van der Waals surface area contributed by atoms with Gasteiger partial charge in [-0.2, -0.15) is 0 Å². The van der Waals surface area contributed by atoms with Crippen LogP contribution in [0.25, 0.3) is 0 Å². The van der Waals surface area contributed by atoms with Crippen molar-refractivity contribution < 1.29 is 9.18 Å². The Morgan fingerprint density at radius 2 is 1.88 bits per heavy atom. The van der Waals surface area contributed by atoms with Crippen LogP contribution in [0, 0.1) is 19.7 Å². The largest absolute Gasteiger partial charge is 0.369 e. The number of aromatic nitrogens is 1. The Labute approximate surface area is 142 Å². The second-order valence-electron chi connectivity index (χ2n) is 6.53. The molecule has 4 nitrogen and oxygen atoms in total. The predicted molar refractivity (Wildman–Crippen MR) is 94.0 cm³/mol. The van der Waals surface area contributed by atoms with Crippen LogP contribution in [0.1, 0.15) is 34.6 Å². The molecule has 1 fully saturated rings. The van der Waals surface area contributed by atoms with Crippen molar-refractivity contribution in [3.05, 3.63) is 53.1 Å². The molecule has 3 rings (SSSR count). The molecule has 0 spiro atoms. The van der Waals surface area contributed by atoms with Gasteiger partial charge in [-0.3, -0.25) is 4.79 Å². The van der Waals surface area contributed by atoms with Gasteiger partial charge in [0.25, 0.3) is 5.91 Å². The Hall–Kier alpha value is -2.30. The highest BCUT2D eigenvalue weighted by molar-refractivity contribution is 5.95. The number of anilines is 1. The molecule has 0 saturated carbocycles. The predicted octanol–water partition coefficient (Wildman–Crippen LogP) is 3.18. The van der Waals surface area contributed by atoms with Crippen LogP contribution >= 0.6 is 0 Å². The van der Waals surface area contributed by atoms with Gasteiger partial charge < -0.3 is 14.8 Å². The van der Waals surface area contributed by atoms with Gasteiger partial charge in [0.1, 0.15) is 5.82 Å². The molecule has 2 aromatic rings. The summed E-state index contributed by atoms with van der Waals surface area (Å²) in [6, 6.07) is 8.93. The number of amides is 1. The van der Waals surface area contributed by atoms with Crippen molar-refractivity contribution in [3.63, 3.8) is 0 Å². The van der Waals surface area contributed by atoms with Crippen molar-refractivity contribution in [2.75, 3.05) is 18.0 Å². The average molecular weight is 329 g/mol. The standard InChI is InChI=1S/C19H24FN3O/c1-13-12-16(14(2)22(13)3)19(24)21-15-8-10-23(11-9-15)18-7-5-4-6-17(18)20/h4-7,12,15H,8-11H2,1-3H3,(H,21,24). The van der Waals surface area contributed by atoms with Gasteiger partial charge in [0.15, 0.2) is 0 Å². The van der Waals surface area contributed by atoms with E-state index in [1.807, 2.05) is 43.7 Å². The second kappa shape index (κ2) is 6.67. The first-order valence-electron chi connectivity index (χ1n) is 8.40. The molecule has 0 aliphatic carbocycles. The van der Waals surface area contributed by atoms with Crippen LogP contribution in [-0.2, 0) is 7.05 Å². The lowest BCUT2D eigenvalue weighted by Crippen LogP contribution is -2.45. The van der Waals surface area contributed by atoms with E-state index in [2.05, 4.69) is 10.2 Å². The van der Waals surface area contributed by atoms with Gasteiger partial charge in [0.05, 0.1) is 11.3 Å². The highest BCUT2D eigenvalue weighted by Crippen LogP contribution is 2.23. The number of hydrogen-bond donors (Lipinski definition) is 1. The van der Waals surface area contributed by atoms with E-state index >= 15 is 0 Å². The van der Waals surface area contributed by atoms with Crippen molar-refractivity contribution in [1.29, 1.82) is 0 Å². The number of piperidine rings is 1. The molecule has 1 saturated heterocycles. The van der Waals surface area contributed by atoms with Gasteiger partial charge >= 0.3 is 0 Å². The Kier molecular flexibility index (Phi) is 4.60. The summed E-state index contributed by atoms with van der Waals surface area (Å²) in [5.74, 6) is -0.198. The van der Waals surface area contributed by atoms with Gasteiger partial charge in [-0.15, -0.1) is 0 Å². The lowest BCUT2D eigenvalue weighted by Gasteiger charge is -2.34. The normalized spacial score (nSPS) is 15.6. The van der Waals surface area contributed by atoms with Crippen molar-refractivity contribution in [3.8, 4) is 0 Å². The summed E-state index contributed by atoms with van der Waals surface area (Å²) < 4.78 is 15.9. The minimum atomic E-state index is -0.185. The fourth-order valence-corrected chi connectivity index (χ4v) is 3.32. The minimum Gasteiger partial charge on any atom is -0.369 e. The molecule has 0 unspecified atom stereocenters. The number of hydrogen-bond acceptors (Lipinski definition) is 2. The van der Waals surface area contributed by atoms with Crippen LogP contribution in [0.2, 0.25) is 0 Å². The van der Waals surface area contributed by atoms with Crippen LogP contribution in [0.4, 0.5) is 10.1 Å². The van der Waals surface area contributed by atoms with E-state index in [1.165, 1.54) is 6.07 Å². The molecule has 1 amide bonds. The van der Waals surface area contributed by atoms with Crippen LogP contribution in [0.3, 0.4) is 0 Å². The monoisotopic (exact) mass is 329 g/mol. The number of nitrogens with zero attached hydrogens (tertiary/aromatic N) is 2. The van der Waals surface area contributed by atoms with Crippen LogP contribution in [0.5, 0.6) is 0 Å². The Morgan fingerprint density at radius 1 is 1.21 bits per heavy atom. The fraction of sp³-hybridized carbons (Fsp3) is 0.421. The molecule has 1 aliphatic rings.